The minimum Gasteiger partial charge on any atom is -0.428 e. The summed E-state index contributed by atoms with van der Waals surface area (Å²) >= 11 is 6.33. The molecule has 0 aliphatic carbocycles. The van der Waals surface area contributed by atoms with Crippen molar-refractivity contribution in [2.24, 2.45) is 0 Å². The summed E-state index contributed by atoms with van der Waals surface area (Å²) in [7, 11) is 0. The van der Waals surface area contributed by atoms with Crippen molar-refractivity contribution in [3.63, 3.8) is 0 Å². The lowest BCUT2D eigenvalue weighted by Gasteiger charge is -2.29. The Morgan fingerprint density at radius 3 is 1.25 bits per heavy atom. The second-order valence-electron chi connectivity index (χ2n) is 8.83. The zero-order valence-corrected chi connectivity index (χ0v) is 21.9. The molecule has 0 aliphatic heterocycles. The van der Waals surface area contributed by atoms with Gasteiger partial charge in [0.2, 0.25) is 0 Å². The number of hydrogen-bond acceptors (Lipinski definition) is 5. The van der Waals surface area contributed by atoms with Gasteiger partial charge in [-0.3, -0.25) is 9.59 Å². The molecular weight excluding hydrogens is 540 g/mol. The second kappa shape index (κ2) is 11.2. The van der Waals surface area contributed by atoms with Gasteiger partial charge in [-0.25, -0.2) is 4.79 Å². The van der Waals surface area contributed by atoms with E-state index in [1.807, 2.05) is 52.0 Å². The van der Waals surface area contributed by atoms with Crippen molar-refractivity contribution in [3.05, 3.63) is 70.8 Å². The van der Waals surface area contributed by atoms with Gasteiger partial charge < -0.3 is 9.47 Å². The Bertz CT molecular complexity index is 870. The van der Waals surface area contributed by atoms with Crippen molar-refractivity contribution in [2.45, 2.75) is 51.7 Å². The molecule has 0 heterocycles. The van der Waals surface area contributed by atoms with Gasteiger partial charge in [0.25, 0.3) is 0 Å². The monoisotopic (exact) mass is 566 g/mol. The van der Waals surface area contributed by atoms with Crippen LogP contribution in [0.5, 0.6) is 0 Å². The molecule has 0 saturated carbocycles. The van der Waals surface area contributed by atoms with Crippen molar-refractivity contribution >= 4 is 49.6 Å². The molecule has 0 saturated heterocycles. The lowest BCUT2D eigenvalue weighted by Crippen LogP contribution is -2.36. The van der Waals surface area contributed by atoms with Gasteiger partial charge in [-0.2, -0.15) is 0 Å². The molecule has 2 aromatic rings. The predicted molar refractivity (Wildman–Crippen MR) is 132 cm³/mol. The highest BCUT2D eigenvalue weighted by atomic mass is 79.9. The van der Waals surface area contributed by atoms with Crippen LogP contribution in [0, 0.1) is 0 Å². The largest absolute Gasteiger partial charge is 0.509 e. The molecule has 0 aliphatic rings. The highest BCUT2D eigenvalue weighted by molar-refractivity contribution is 9.09. The van der Waals surface area contributed by atoms with Crippen LogP contribution in [0.25, 0.3) is 0 Å². The maximum Gasteiger partial charge on any atom is 0.509 e. The average molecular weight is 568 g/mol. The van der Waals surface area contributed by atoms with Crippen molar-refractivity contribution in [2.75, 3.05) is 10.7 Å². The van der Waals surface area contributed by atoms with Gasteiger partial charge in [-0.1, -0.05) is 80.4 Å². The molecule has 0 N–H and O–H groups in total. The number of Topliss-reactive ketones (excluding diaryl/α,β-unsaturated/α-hetero) is 2. The first kappa shape index (κ1) is 26.3. The van der Waals surface area contributed by atoms with E-state index in [-0.39, 0.29) is 22.2 Å². The number of ether oxygens (including phenoxy) is 2. The smallest absolute Gasteiger partial charge is 0.428 e. The van der Waals surface area contributed by atoms with Gasteiger partial charge >= 0.3 is 6.16 Å². The summed E-state index contributed by atoms with van der Waals surface area (Å²) in [4.78, 5) is 35.9. The fraction of sp³-hybridized carbons (Fsp3) is 0.400. The first-order valence-corrected chi connectivity index (χ1v) is 12.5. The van der Waals surface area contributed by atoms with E-state index in [4.69, 9.17) is 9.47 Å². The van der Waals surface area contributed by atoms with E-state index in [2.05, 4.69) is 31.9 Å². The van der Waals surface area contributed by atoms with E-state index < -0.39 is 17.4 Å². The molecule has 0 atom stereocenters. The molecule has 2 rings (SSSR count). The van der Waals surface area contributed by atoms with Crippen molar-refractivity contribution in [1.82, 2.24) is 0 Å². The predicted octanol–water partition coefficient (Wildman–Crippen LogP) is 6.34. The molecule has 7 heteroatoms. The van der Waals surface area contributed by atoms with Crippen molar-refractivity contribution in [1.29, 1.82) is 0 Å². The Morgan fingerprint density at radius 2 is 0.969 bits per heavy atom. The maximum absolute atomic E-state index is 12.5. The van der Waals surface area contributed by atoms with Crippen LogP contribution >= 0.6 is 31.9 Å². The topological polar surface area (TPSA) is 69.7 Å². The van der Waals surface area contributed by atoms with Crippen LogP contribution in [0.4, 0.5) is 4.79 Å². The highest BCUT2D eigenvalue weighted by Gasteiger charge is 2.30. The molecule has 32 heavy (non-hydrogen) atoms. The van der Waals surface area contributed by atoms with Crippen LogP contribution in [0.2, 0.25) is 0 Å². The third-order valence-corrected chi connectivity index (χ3v) is 5.79. The van der Waals surface area contributed by atoms with E-state index in [0.29, 0.717) is 24.0 Å². The van der Waals surface area contributed by atoms with Crippen molar-refractivity contribution in [3.8, 4) is 0 Å². The van der Waals surface area contributed by atoms with Gasteiger partial charge in [0.1, 0.15) is 11.2 Å². The first-order chi connectivity index (χ1) is 14.9. The Balaban J connectivity index is 1.94. The molecule has 0 unspecified atom stereocenters. The number of carbonyl (C=O) groups excluding carboxylic acids is 3. The van der Waals surface area contributed by atoms with E-state index in [9.17, 15) is 14.4 Å². The van der Waals surface area contributed by atoms with E-state index >= 15 is 0 Å². The number of rotatable bonds is 10. The standard InChI is InChI=1S/C25H28Br2O5/c1-24(2,13-17-5-9-19(10-6-17)21(28)15-26)31-23(30)32-25(3,4)14-18-7-11-20(12-8-18)22(29)16-27/h5-12H,13-16H2,1-4H3. The van der Waals surface area contributed by atoms with Crippen molar-refractivity contribution < 1.29 is 23.9 Å². The van der Waals surface area contributed by atoms with E-state index in [0.717, 1.165) is 11.1 Å². The van der Waals surface area contributed by atoms with E-state index in [1.54, 1.807) is 24.3 Å². The van der Waals surface area contributed by atoms with Crippen LogP contribution in [-0.4, -0.2) is 39.6 Å². The molecule has 172 valence electrons. The summed E-state index contributed by atoms with van der Waals surface area (Å²) in [5, 5.41) is 0.559. The molecule has 0 aromatic heterocycles. The first-order valence-electron chi connectivity index (χ1n) is 10.2. The molecule has 0 bridgehead atoms. The SMILES string of the molecule is CC(C)(Cc1ccc(C(=O)CBr)cc1)OC(=O)OC(C)(C)Cc1ccc(C(=O)CBr)cc1. The molecule has 0 spiro atoms. The summed E-state index contributed by atoms with van der Waals surface area (Å²) in [6, 6.07) is 14.5. The summed E-state index contributed by atoms with van der Waals surface area (Å²) < 4.78 is 11.2. The Morgan fingerprint density at radius 1 is 0.656 bits per heavy atom. The fourth-order valence-electron chi connectivity index (χ4n) is 3.30. The lowest BCUT2D eigenvalue weighted by molar-refractivity contribution is -0.0582. The van der Waals surface area contributed by atoms with Crippen LogP contribution in [-0.2, 0) is 22.3 Å². The van der Waals surface area contributed by atoms with Gasteiger partial charge in [-0.05, 0) is 38.8 Å². The Hall–Kier alpha value is -1.99. The number of ketones is 2. The molecule has 0 amide bonds. The van der Waals surface area contributed by atoms with Gasteiger partial charge in [0.15, 0.2) is 11.6 Å². The molecule has 2 aromatic carbocycles. The highest BCUT2D eigenvalue weighted by Crippen LogP contribution is 2.23. The van der Waals surface area contributed by atoms with Crippen LogP contribution in [0.15, 0.2) is 48.5 Å². The van der Waals surface area contributed by atoms with E-state index in [1.165, 1.54) is 0 Å². The zero-order valence-electron chi connectivity index (χ0n) is 18.7. The maximum atomic E-state index is 12.5. The third kappa shape index (κ3) is 8.17. The fourth-order valence-corrected chi connectivity index (χ4v) is 3.95. The Kier molecular flexibility index (Phi) is 9.22. The van der Waals surface area contributed by atoms with Crippen LogP contribution < -0.4 is 0 Å². The van der Waals surface area contributed by atoms with Gasteiger partial charge in [0, 0.05) is 24.0 Å². The number of alkyl halides is 2. The average Bonchev–Trinajstić information content (AvgIpc) is 2.72. The normalized spacial score (nSPS) is 11.7. The minimum atomic E-state index is -0.786. The van der Waals surface area contributed by atoms with Crippen LogP contribution in [0.3, 0.4) is 0 Å². The lowest BCUT2D eigenvalue weighted by atomic mass is 9.97. The van der Waals surface area contributed by atoms with Gasteiger partial charge in [-0.15, -0.1) is 0 Å². The van der Waals surface area contributed by atoms with Gasteiger partial charge in [0.05, 0.1) is 10.7 Å². The summed E-state index contributed by atoms with van der Waals surface area (Å²) in [5.41, 5.74) is 1.60. The summed E-state index contributed by atoms with van der Waals surface area (Å²) in [6.45, 7) is 7.27. The molecule has 0 fully saturated rings. The molecular formula is C25H28Br2O5. The second-order valence-corrected chi connectivity index (χ2v) is 9.96. The minimum absolute atomic E-state index is 0.0160. The number of benzene rings is 2. The molecule has 5 nitrogen and oxygen atoms in total. The summed E-state index contributed by atoms with van der Waals surface area (Å²) in [5.74, 6) is 0.0319. The number of hydrogen-bond donors (Lipinski definition) is 0. The quantitative estimate of drug-likeness (QED) is 0.190. The summed E-state index contributed by atoms with van der Waals surface area (Å²) in [6.07, 6.45) is 0.222. The number of halogens is 2. The molecule has 0 radical (unpaired) electrons. The Labute approximate surface area is 206 Å². The number of carbonyl (C=O) groups is 3. The third-order valence-electron chi connectivity index (χ3n) is 4.77. The zero-order chi connectivity index (χ0) is 23.9. The van der Waals surface area contributed by atoms with Crippen LogP contribution in [0.1, 0.15) is 59.5 Å².